The number of anilines is 3. The van der Waals surface area contributed by atoms with Crippen LogP contribution in [0.2, 0.25) is 0 Å². The molecule has 2 rings (SSSR count). The third-order valence-corrected chi connectivity index (χ3v) is 3.28. The van der Waals surface area contributed by atoms with Crippen LogP contribution >= 0.6 is 15.9 Å². The second-order valence-corrected chi connectivity index (χ2v) is 4.86. The van der Waals surface area contributed by atoms with Crippen molar-refractivity contribution in [2.45, 2.75) is 6.92 Å². The largest absolute Gasteiger partial charge is 0.399 e. The van der Waals surface area contributed by atoms with Gasteiger partial charge in [-0.2, -0.15) is 5.26 Å². The van der Waals surface area contributed by atoms with Crippen molar-refractivity contribution in [3.63, 3.8) is 0 Å². The fraction of sp³-hybridized carbons (Fsp3) is 0.0714. The Morgan fingerprint density at radius 1 is 1.22 bits per heavy atom. The van der Waals surface area contributed by atoms with Gasteiger partial charge in [-0.25, -0.2) is 0 Å². The first kappa shape index (κ1) is 12.5. The summed E-state index contributed by atoms with van der Waals surface area (Å²) in [4.78, 5) is 0. The van der Waals surface area contributed by atoms with Crippen LogP contribution in [-0.2, 0) is 0 Å². The summed E-state index contributed by atoms with van der Waals surface area (Å²) in [6.07, 6.45) is 0. The van der Waals surface area contributed by atoms with Gasteiger partial charge in [0.1, 0.15) is 6.07 Å². The van der Waals surface area contributed by atoms with Gasteiger partial charge in [0.25, 0.3) is 0 Å². The van der Waals surface area contributed by atoms with E-state index in [1.165, 1.54) is 0 Å². The molecule has 0 fully saturated rings. The lowest BCUT2D eigenvalue weighted by Crippen LogP contribution is -1.95. The lowest BCUT2D eigenvalue weighted by molar-refractivity contribution is 1.42. The number of rotatable bonds is 2. The first-order valence-corrected chi connectivity index (χ1v) is 6.22. The Labute approximate surface area is 114 Å². The molecule has 0 saturated carbocycles. The number of aryl methyl sites for hydroxylation is 1. The number of nitrogens with two attached hydrogens (primary N) is 1. The third kappa shape index (κ3) is 2.63. The zero-order valence-corrected chi connectivity index (χ0v) is 11.5. The highest BCUT2D eigenvalue weighted by Gasteiger charge is 2.03. The van der Waals surface area contributed by atoms with Gasteiger partial charge in [-0.3, -0.25) is 0 Å². The Hall–Kier alpha value is -1.99. The normalized spacial score (nSPS) is 9.83. The van der Waals surface area contributed by atoms with Crippen LogP contribution in [0.25, 0.3) is 0 Å². The van der Waals surface area contributed by atoms with Crippen LogP contribution in [0.15, 0.2) is 40.9 Å². The average Bonchev–Trinajstić information content (AvgIpc) is 2.33. The SMILES string of the molecule is Cc1cc(N)ccc1Nc1ccc(C#N)c(Br)c1. The van der Waals surface area contributed by atoms with Crippen molar-refractivity contribution in [3.8, 4) is 6.07 Å². The molecular weight excluding hydrogens is 290 g/mol. The first-order chi connectivity index (χ1) is 8.60. The van der Waals surface area contributed by atoms with Crippen LogP contribution in [0.5, 0.6) is 0 Å². The van der Waals surface area contributed by atoms with Crippen LogP contribution in [0.4, 0.5) is 17.1 Å². The summed E-state index contributed by atoms with van der Waals surface area (Å²) in [7, 11) is 0. The molecule has 0 atom stereocenters. The van der Waals surface area contributed by atoms with Gasteiger partial charge in [0.05, 0.1) is 5.56 Å². The molecule has 2 aromatic rings. The molecule has 0 saturated heterocycles. The molecule has 0 aromatic heterocycles. The highest BCUT2D eigenvalue weighted by Crippen LogP contribution is 2.26. The van der Waals surface area contributed by atoms with E-state index >= 15 is 0 Å². The Bertz CT molecular complexity index is 629. The molecule has 0 amide bonds. The monoisotopic (exact) mass is 301 g/mol. The lowest BCUT2D eigenvalue weighted by atomic mass is 10.1. The summed E-state index contributed by atoms with van der Waals surface area (Å²) in [5, 5.41) is 12.2. The zero-order valence-electron chi connectivity index (χ0n) is 9.87. The minimum absolute atomic E-state index is 0.620. The van der Waals surface area contributed by atoms with Gasteiger partial charge in [-0.05, 0) is 64.8 Å². The number of hydrogen-bond acceptors (Lipinski definition) is 3. The number of nitrogens with zero attached hydrogens (tertiary/aromatic N) is 1. The molecule has 2 aromatic carbocycles. The summed E-state index contributed by atoms with van der Waals surface area (Å²) in [5.41, 5.74) is 10.1. The average molecular weight is 302 g/mol. The van der Waals surface area contributed by atoms with Crippen molar-refractivity contribution in [2.75, 3.05) is 11.1 Å². The number of hydrogen-bond donors (Lipinski definition) is 2. The summed E-state index contributed by atoms with van der Waals surface area (Å²) in [6.45, 7) is 2.00. The maximum atomic E-state index is 8.86. The quantitative estimate of drug-likeness (QED) is 0.826. The zero-order chi connectivity index (χ0) is 13.1. The minimum Gasteiger partial charge on any atom is -0.399 e. The van der Waals surface area contributed by atoms with Gasteiger partial charge in [0.15, 0.2) is 0 Å². The summed E-state index contributed by atoms with van der Waals surface area (Å²) >= 11 is 3.37. The number of halogens is 1. The number of nitriles is 1. The third-order valence-electron chi connectivity index (χ3n) is 2.62. The van der Waals surface area contributed by atoms with E-state index < -0.39 is 0 Å². The van der Waals surface area contributed by atoms with Crippen LogP contribution < -0.4 is 11.1 Å². The van der Waals surface area contributed by atoms with Crippen molar-refractivity contribution >= 4 is 33.0 Å². The lowest BCUT2D eigenvalue weighted by Gasteiger charge is -2.10. The maximum Gasteiger partial charge on any atom is 0.100 e. The molecule has 0 unspecified atom stereocenters. The van der Waals surface area contributed by atoms with E-state index in [4.69, 9.17) is 11.0 Å². The predicted molar refractivity (Wildman–Crippen MR) is 77.7 cm³/mol. The molecule has 90 valence electrons. The number of benzene rings is 2. The van der Waals surface area contributed by atoms with Crippen molar-refractivity contribution < 1.29 is 0 Å². The predicted octanol–water partition coefficient (Wildman–Crippen LogP) is 3.96. The Kier molecular flexibility index (Phi) is 3.54. The second kappa shape index (κ2) is 5.11. The van der Waals surface area contributed by atoms with Gasteiger partial charge < -0.3 is 11.1 Å². The van der Waals surface area contributed by atoms with Gasteiger partial charge >= 0.3 is 0 Å². The highest BCUT2D eigenvalue weighted by molar-refractivity contribution is 9.10. The Morgan fingerprint density at radius 2 is 2.00 bits per heavy atom. The van der Waals surface area contributed by atoms with E-state index in [1.807, 2.05) is 37.3 Å². The van der Waals surface area contributed by atoms with Gasteiger partial charge in [-0.1, -0.05) is 0 Å². The summed E-state index contributed by atoms with van der Waals surface area (Å²) in [6, 6.07) is 13.4. The van der Waals surface area contributed by atoms with Gasteiger partial charge in [0, 0.05) is 21.5 Å². The van der Waals surface area contributed by atoms with Gasteiger partial charge in [-0.15, -0.1) is 0 Å². The van der Waals surface area contributed by atoms with Crippen LogP contribution in [0.3, 0.4) is 0 Å². The molecule has 0 spiro atoms. The second-order valence-electron chi connectivity index (χ2n) is 4.01. The Morgan fingerprint density at radius 3 is 2.61 bits per heavy atom. The maximum absolute atomic E-state index is 8.86. The fourth-order valence-corrected chi connectivity index (χ4v) is 2.13. The molecular formula is C14H12BrN3. The molecule has 0 heterocycles. The first-order valence-electron chi connectivity index (χ1n) is 5.43. The van der Waals surface area contributed by atoms with Crippen molar-refractivity contribution in [1.82, 2.24) is 0 Å². The molecule has 3 N–H and O–H groups in total. The summed E-state index contributed by atoms with van der Waals surface area (Å²) in [5.74, 6) is 0. The molecule has 4 heteroatoms. The Balaban J connectivity index is 2.29. The molecule has 0 radical (unpaired) electrons. The number of nitrogen functional groups attached to an aromatic ring is 1. The molecule has 18 heavy (non-hydrogen) atoms. The molecule has 3 nitrogen and oxygen atoms in total. The van der Waals surface area contributed by atoms with E-state index in [2.05, 4.69) is 27.3 Å². The molecule has 0 aliphatic heterocycles. The molecule has 0 aliphatic carbocycles. The van der Waals surface area contributed by atoms with E-state index in [0.29, 0.717) is 5.56 Å². The van der Waals surface area contributed by atoms with Crippen LogP contribution in [-0.4, -0.2) is 0 Å². The molecule has 0 aliphatic rings. The summed E-state index contributed by atoms with van der Waals surface area (Å²) < 4.78 is 0.781. The van der Waals surface area contributed by atoms with Crippen LogP contribution in [0.1, 0.15) is 11.1 Å². The standard InChI is InChI=1S/C14H12BrN3/c1-9-6-11(17)3-5-14(9)18-12-4-2-10(8-16)13(15)7-12/h2-7,18H,17H2,1H3. The minimum atomic E-state index is 0.620. The van der Waals surface area contributed by atoms with E-state index in [0.717, 1.165) is 27.1 Å². The van der Waals surface area contributed by atoms with Crippen molar-refractivity contribution in [3.05, 3.63) is 52.0 Å². The smallest absolute Gasteiger partial charge is 0.100 e. The van der Waals surface area contributed by atoms with E-state index in [-0.39, 0.29) is 0 Å². The van der Waals surface area contributed by atoms with Crippen molar-refractivity contribution in [1.29, 1.82) is 5.26 Å². The molecule has 0 bridgehead atoms. The van der Waals surface area contributed by atoms with E-state index in [9.17, 15) is 0 Å². The van der Waals surface area contributed by atoms with Crippen LogP contribution in [0, 0.1) is 18.3 Å². The van der Waals surface area contributed by atoms with E-state index in [1.54, 1.807) is 6.07 Å². The number of nitrogens with one attached hydrogen (secondary N) is 1. The van der Waals surface area contributed by atoms with Crippen molar-refractivity contribution in [2.24, 2.45) is 0 Å². The topological polar surface area (TPSA) is 61.8 Å². The highest BCUT2D eigenvalue weighted by atomic mass is 79.9. The fourth-order valence-electron chi connectivity index (χ4n) is 1.67. The van der Waals surface area contributed by atoms with Gasteiger partial charge in [0.2, 0.25) is 0 Å².